The first-order valence-electron chi connectivity index (χ1n) is 10.1. The van der Waals surface area contributed by atoms with Crippen molar-refractivity contribution in [2.45, 2.75) is 13.5 Å². The van der Waals surface area contributed by atoms with E-state index >= 15 is 0 Å². The summed E-state index contributed by atoms with van der Waals surface area (Å²) in [5.41, 5.74) is 2.86. The van der Waals surface area contributed by atoms with Crippen molar-refractivity contribution in [1.82, 2.24) is 19.9 Å². The van der Waals surface area contributed by atoms with Gasteiger partial charge in [0.25, 0.3) is 0 Å². The predicted octanol–water partition coefficient (Wildman–Crippen LogP) is 5.50. The lowest BCUT2D eigenvalue weighted by atomic mass is 10.2. The highest BCUT2D eigenvalue weighted by molar-refractivity contribution is 7.21. The number of thiazole rings is 1. The summed E-state index contributed by atoms with van der Waals surface area (Å²) in [7, 11) is 0. The maximum Gasteiger partial charge on any atom is 0.323 e. The number of benzene rings is 2. The van der Waals surface area contributed by atoms with Gasteiger partial charge in [0.05, 0.1) is 29.6 Å². The molecule has 9 heteroatoms. The second-order valence-electron chi connectivity index (χ2n) is 6.82. The first kappa shape index (κ1) is 20.0. The Morgan fingerprint density at radius 2 is 1.84 bits per heavy atom. The summed E-state index contributed by atoms with van der Waals surface area (Å²) < 4.78 is 12.0. The number of ether oxygens (including phenoxy) is 1. The Bertz CT molecular complexity index is 1300. The summed E-state index contributed by atoms with van der Waals surface area (Å²) in [6.07, 6.45) is 1.63. The molecule has 3 aromatic heterocycles. The van der Waals surface area contributed by atoms with Crippen LogP contribution in [0.25, 0.3) is 20.8 Å². The topological polar surface area (TPSA) is 98.0 Å². The number of aromatic nitrogens is 4. The van der Waals surface area contributed by atoms with Gasteiger partial charge in [0.1, 0.15) is 10.8 Å². The third-order valence-corrected chi connectivity index (χ3v) is 5.63. The van der Waals surface area contributed by atoms with E-state index in [1.165, 1.54) is 0 Å². The lowest BCUT2D eigenvalue weighted by Crippen LogP contribution is -2.09. The van der Waals surface area contributed by atoms with Gasteiger partial charge >= 0.3 is 6.01 Å². The number of nitrogens with one attached hydrogen (secondary N) is 2. The Morgan fingerprint density at radius 3 is 2.69 bits per heavy atom. The highest BCUT2D eigenvalue weighted by Crippen LogP contribution is 2.31. The normalized spacial score (nSPS) is 10.9. The van der Waals surface area contributed by atoms with Crippen molar-refractivity contribution in [3.63, 3.8) is 0 Å². The Hall–Kier alpha value is -3.98. The molecule has 0 aliphatic carbocycles. The van der Waals surface area contributed by atoms with Crippen LogP contribution < -0.4 is 15.4 Å². The molecule has 0 spiro atoms. The molecular formula is C23H20N6O2S. The second-order valence-corrected chi connectivity index (χ2v) is 7.85. The third-order valence-electron chi connectivity index (χ3n) is 4.55. The molecule has 0 aliphatic rings. The standard InChI is InChI=1S/C23H20N6O2S/c1-2-30-23-28-21(24-14-17-9-6-12-31-17)27-22(29-23)25-16-8-5-7-15(13-16)20-26-18-10-3-4-11-19(18)32-20/h3-13H,2,14H2,1H3,(H2,24,25,27,28,29). The van der Waals surface area contributed by atoms with Crippen LogP contribution >= 0.6 is 11.3 Å². The van der Waals surface area contributed by atoms with Crippen molar-refractivity contribution >= 4 is 39.1 Å². The van der Waals surface area contributed by atoms with E-state index in [4.69, 9.17) is 14.1 Å². The largest absolute Gasteiger partial charge is 0.467 e. The van der Waals surface area contributed by atoms with Gasteiger partial charge in [0, 0.05) is 11.3 Å². The molecule has 32 heavy (non-hydrogen) atoms. The van der Waals surface area contributed by atoms with Crippen molar-refractivity contribution in [2.75, 3.05) is 17.2 Å². The summed E-state index contributed by atoms with van der Waals surface area (Å²) in [6.45, 7) is 2.79. The number of rotatable bonds is 8. The van der Waals surface area contributed by atoms with Gasteiger partial charge in [-0.25, -0.2) is 4.98 Å². The van der Waals surface area contributed by atoms with Crippen molar-refractivity contribution < 1.29 is 9.15 Å². The number of para-hydroxylation sites is 1. The maximum absolute atomic E-state index is 5.51. The van der Waals surface area contributed by atoms with Crippen molar-refractivity contribution in [3.05, 3.63) is 72.7 Å². The molecule has 5 aromatic rings. The molecule has 160 valence electrons. The summed E-state index contributed by atoms with van der Waals surface area (Å²) >= 11 is 1.66. The van der Waals surface area contributed by atoms with Crippen molar-refractivity contribution in [2.24, 2.45) is 0 Å². The molecule has 5 rings (SSSR count). The fourth-order valence-electron chi connectivity index (χ4n) is 3.12. The van der Waals surface area contributed by atoms with Gasteiger partial charge < -0.3 is 19.8 Å². The quantitative estimate of drug-likeness (QED) is 0.324. The van der Waals surface area contributed by atoms with Gasteiger partial charge in [-0.3, -0.25) is 0 Å². The van der Waals surface area contributed by atoms with E-state index in [2.05, 4.69) is 31.7 Å². The van der Waals surface area contributed by atoms with E-state index in [1.807, 2.05) is 61.5 Å². The summed E-state index contributed by atoms with van der Waals surface area (Å²) in [6, 6.07) is 20.1. The first-order valence-corrected chi connectivity index (χ1v) is 11.0. The average molecular weight is 445 g/mol. The highest BCUT2D eigenvalue weighted by atomic mass is 32.1. The van der Waals surface area contributed by atoms with Gasteiger partial charge in [-0.2, -0.15) is 15.0 Å². The van der Waals surface area contributed by atoms with E-state index < -0.39 is 0 Å². The Morgan fingerprint density at radius 1 is 0.938 bits per heavy atom. The van der Waals surface area contributed by atoms with Crippen LogP contribution in [-0.2, 0) is 6.54 Å². The second kappa shape index (κ2) is 9.03. The van der Waals surface area contributed by atoms with Crippen LogP contribution in [-0.4, -0.2) is 26.5 Å². The lowest BCUT2D eigenvalue weighted by Gasteiger charge is -2.10. The Labute approximate surface area is 188 Å². The molecule has 0 fully saturated rings. The van der Waals surface area contributed by atoms with E-state index in [-0.39, 0.29) is 6.01 Å². The van der Waals surface area contributed by atoms with E-state index in [9.17, 15) is 0 Å². The highest BCUT2D eigenvalue weighted by Gasteiger charge is 2.10. The fraction of sp³-hybridized carbons (Fsp3) is 0.130. The number of nitrogens with zero attached hydrogens (tertiary/aromatic N) is 4. The monoisotopic (exact) mass is 444 g/mol. The molecule has 0 saturated carbocycles. The van der Waals surface area contributed by atoms with Crippen LogP contribution in [0.3, 0.4) is 0 Å². The van der Waals surface area contributed by atoms with Crippen LogP contribution in [0, 0.1) is 0 Å². The Balaban J connectivity index is 1.39. The number of hydrogen-bond donors (Lipinski definition) is 2. The molecule has 0 unspecified atom stereocenters. The molecule has 0 amide bonds. The molecule has 2 aromatic carbocycles. The van der Waals surface area contributed by atoms with Gasteiger partial charge in [0.15, 0.2) is 0 Å². The average Bonchev–Trinajstić information content (AvgIpc) is 3.48. The molecule has 3 heterocycles. The zero-order valence-electron chi connectivity index (χ0n) is 17.3. The van der Waals surface area contributed by atoms with E-state index in [0.29, 0.717) is 25.0 Å². The zero-order valence-corrected chi connectivity index (χ0v) is 18.1. The zero-order chi connectivity index (χ0) is 21.8. The molecule has 0 aliphatic heterocycles. The number of anilines is 3. The van der Waals surface area contributed by atoms with Gasteiger partial charge in [-0.05, 0) is 43.3 Å². The molecule has 0 bridgehead atoms. The molecule has 8 nitrogen and oxygen atoms in total. The van der Waals surface area contributed by atoms with Crippen molar-refractivity contribution in [3.8, 4) is 16.6 Å². The summed E-state index contributed by atoms with van der Waals surface area (Å²) in [5.74, 6) is 1.55. The van der Waals surface area contributed by atoms with Crippen LogP contribution in [0.15, 0.2) is 71.3 Å². The minimum atomic E-state index is 0.245. The molecule has 0 radical (unpaired) electrons. The lowest BCUT2D eigenvalue weighted by molar-refractivity contribution is 0.312. The number of hydrogen-bond acceptors (Lipinski definition) is 9. The van der Waals surface area contributed by atoms with Crippen LogP contribution in [0.4, 0.5) is 17.6 Å². The van der Waals surface area contributed by atoms with Gasteiger partial charge in [0.2, 0.25) is 11.9 Å². The third kappa shape index (κ3) is 4.52. The predicted molar refractivity (Wildman–Crippen MR) is 125 cm³/mol. The molecule has 2 N–H and O–H groups in total. The number of furan rings is 1. The minimum Gasteiger partial charge on any atom is -0.467 e. The van der Waals surface area contributed by atoms with Crippen molar-refractivity contribution in [1.29, 1.82) is 0 Å². The van der Waals surface area contributed by atoms with Crippen LogP contribution in [0.2, 0.25) is 0 Å². The fourth-order valence-corrected chi connectivity index (χ4v) is 4.08. The summed E-state index contributed by atoms with van der Waals surface area (Å²) in [5, 5.41) is 7.35. The van der Waals surface area contributed by atoms with Gasteiger partial charge in [-0.1, -0.05) is 24.3 Å². The minimum absolute atomic E-state index is 0.245. The van der Waals surface area contributed by atoms with Crippen LogP contribution in [0.1, 0.15) is 12.7 Å². The Kier molecular flexibility index (Phi) is 5.63. The van der Waals surface area contributed by atoms with E-state index in [1.54, 1.807) is 17.6 Å². The number of fused-ring (bicyclic) bond motifs is 1. The maximum atomic E-state index is 5.51. The molecule has 0 saturated heterocycles. The van der Waals surface area contributed by atoms with Crippen LogP contribution in [0.5, 0.6) is 6.01 Å². The SMILES string of the molecule is CCOc1nc(NCc2ccco2)nc(Nc2cccc(-c3nc4ccccc4s3)c2)n1. The molecular weight excluding hydrogens is 424 g/mol. The molecule has 0 atom stereocenters. The summed E-state index contributed by atoms with van der Waals surface area (Å²) in [4.78, 5) is 17.9. The first-order chi connectivity index (χ1) is 15.8. The van der Waals surface area contributed by atoms with E-state index in [0.717, 1.165) is 32.2 Å². The smallest absolute Gasteiger partial charge is 0.323 e. The van der Waals surface area contributed by atoms with Gasteiger partial charge in [-0.15, -0.1) is 11.3 Å².